The standard InChI is InChI=1S/C20H24N6O3S/c1-13-7-9-20(10-8-13)17(28)26(18(29)23-20)24-16(27)12-30-19-22-15(11-25(19)21)14-5-3-2-4-6-14/h2-6,11,13H,7-10,12,21H2,1H3,(H,23,29)(H,24,27). The molecular formula is C20H24N6O3S. The summed E-state index contributed by atoms with van der Waals surface area (Å²) in [5, 5.41) is 4.04. The average Bonchev–Trinajstić information content (AvgIpc) is 3.22. The van der Waals surface area contributed by atoms with Crippen LogP contribution in [0.5, 0.6) is 0 Å². The number of nitrogens with two attached hydrogens (primary N) is 1. The highest BCUT2D eigenvalue weighted by atomic mass is 32.2. The van der Waals surface area contributed by atoms with Crippen molar-refractivity contribution >= 4 is 29.6 Å². The molecule has 1 aromatic heterocycles. The Labute approximate surface area is 178 Å². The normalized spacial score (nSPS) is 23.6. The summed E-state index contributed by atoms with van der Waals surface area (Å²) in [6.45, 7) is 2.13. The number of imidazole rings is 1. The molecule has 0 unspecified atom stereocenters. The Kier molecular flexibility index (Phi) is 5.42. The number of rotatable bonds is 5. The maximum absolute atomic E-state index is 12.8. The largest absolute Gasteiger partial charge is 0.344 e. The third kappa shape index (κ3) is 3.87. The predicted octanol–water partition coefficient (Wildman–Crippen LogP) is 1.89. The van der Waals surface area contributed by atoms with E-state index in [9.17, 15) is 14.4 Å². The van der Waals surface area contributed by atoms with Crippen molar-refractivity contribution in [2.75, 3.05) is 11.6 Å². The first-order valence-corrected chi connectivity index (χ1v) is 10.9. The average molecular weight is 429 g/mol. The first kappa shape index (κ1) is 20.3. The van der Waals surface area contributed by atoms with Gasteiger partial charge in [0.05, 0.1) is 17.6 Å². The molecule has 4 rings (SSSR count). The summed E-state index contributed by atoms with van der Waals surface area (Å²) in [7, 11) is 0. The number of hydrazine groups is 1. The van der Waals surface area contributed by atoms with Crippen LogP contribution < -0.4 is 16.6 Å². The third-order valence-corrected chi connectivity index (χ3v) is 6.59. The molecule has 1 spiro atoms. The van der Waals surface area contributed by atoms with Crippen LogP contribution in [-0.4, -0.2) is 43.8 Å². The van der Waals surface area contributed by atoms with Crippen LogP contribution in [0.1, 0.15) is 32.6 Å². The zero-order chi connectivity index (χ0) is 21.3. The van der Waals surface area contributed by atoms with Crippen LogP contribution >= 0.6 is 11.8 Å². The topological polar surface area (TPSA) is 122 Å². The Morgan fingerprint density at radius 2 is 2.00 bits per heavy atom. The monoisotopic (exact) mass is 428 g/mol. The van der Waals surface area contributed by atoms with Crippen LogP contribution in [0.4, 0.5) is 4.79 Å². The van der Waals surface area contributed by atoms with E-state index in [0.717, 1.165) is 35.2 Å². The van der Waals surface area contributed by atoms with Crippen molar-refractivity contribution in [3.63, 3.8) is 0 Å². The highest BCUT2D eigenvalue weighted by Crippen LogP contribution is 2.35. The molecule has 4 amide bonds. The summed E-state index contributed by atoms with van der Waals surface area (Å²) in [6.07, 6.45) is 4.60. The second-order valence-corrected chi connectivity index (χ2v) is 8.78. The first-order chi connectivity index (χ1) is 14.4. The van der Waals surface area contributed by atoms with Crippen LogP contribution in [0.3, 0.4) is 0 Å². The molecule has 2 aromatic rings. The molecule has 0 atom stereocenters. The Morgan fingerprint density at radius 3 is 2.70 bits per heavy atom. The van der Waals surface area contributed by atoms with Crippen molar-refractivity contribution in [2.24, 2.45) is 5.92 Å². The van der Waals surface area contributed by atoms with Gasteiger partial charge in [-0.1, -0.05) is 49.0 Å². The Morgan fingerprint density at radius 1 is 1.30 bits per heavy atom. The molecule has 10 heteroatoms. The van der Waals surface area contributed by atoms with E-state index in [1.165, 1.54) is 4.68 Å². The van der Waals surface area contributed by atoms with E-state index in [4.69, 9.17) is 5.84 Å². The number of thioether (sulfide) groups is 1. The third-order valence-electron chi connectivity index (χ3n) is 5.63. The Hall–Kier alpha value is -3.01. The molecule has 30 heavy (non-hydrogen) atoms. The minimum absolute atomic E-state index is 0.0382. The lowest BCUT2D eigenvalue weighted by Crippen LogP contribution is -2.51. The number of nitrogens with one attached hydrogen (secondary N) is 2. The highest BCUT2D eigenvalue weighted by Gasteiger charge is 2.52. The quantitative estimate of drug-likeness (QED) is 0.380. The molecule has 9 nitrogen and oxygen atoms in total. The van der Waals surface area contributed by atoms with Crippen LogP contribution in [0, 0.1) is 5.92 Å². The van der Waals surface area contributed by atoms with E-state index in [2.05, 4.69) is 22.7 Å². The van der Waals surface area contributed by atoms with Crippen molar-refractivity contribution in [2.45, 2.75) is 43.3 Å². The maximum Gasteiger partial charge on any atom is 0.344 e. The number of hydrogen-bond acceptors (Lipinski definition) is 6. The Balaban J connectivity index is 1.36. The molecule has 1 saturated heterocycles. The summed E-state index contributed by atoms with van der Waals surface area (Å²) in [4.78, 5) is 41.9. The molecule has 0 radical (unpaired) electrons. The van der Waals surface area contributed by atoms with Crippen molar-refractivity contribution in [3.8, 4) is 11.3 Å². The second kappa shape index (κ2) is 8.02. The van der Waals surface area contributed by atoms with Gasteiger partial charge in [-0.2, -0.15) is 5.01 Å². The van der Waals surface area contributed by atoms with Crippen molar-refractivity contribution in [1.29, 1.82) is 0 Å². The molecule has 4 N–H and O–H groups in total. The summed E-state index contributed by atoms with van der Waals surface area (Å²) in [6, 6.07) is 8.98. The van der Waals surface area contributed by atoms with E-state index in [1.807, 2.05) is 30.3 Å². The van der Waals surface area contributed by atoms with Gasteiger partial charge in [0.1, 0.15) is 5.54 Å². The van der Waals surface area contributed by atoms with Gasteiger partial charge in [0.15, 0.2) is 5.16 Å². The summed E-state index contributed by atoms with van der Waals surface area (Å²) < 4.78 is 1.35. The van der Waals surface area contributed by atoms with Gasteiger partial charge in [0.25, 0.3) is 5.91 Å². The lowest BCUT2D eigenvalue weighted by molar-refractivity contribution is -0.139. The number of hydrogen-bond donors (Lipinski definition) is 3. The number of nitrogens with zero attached hydrogens (tertiary/aromatic N) is 3. The molecule has 1 aromatic carbocycles. The summed E-state index contributed by atoms with van der Waals surface area (Å²) in [5.41, 5.74) is 3.15. The number of benzene rings is 1. The van der Waals surface area contributed by atoms with Crippen molar-refractivity contribution in [1.82, 2.24) is 25.4 Å². The van der Waals surface area contributed by atoms with Gasteiger partial charge in [0.2, 0.25) is 5.91 Å². The molecule has 2 fully saturated rings. The molecule has 1 aliphatic heterocycles. The molecular weight excluding hydrogens is 404 g/mol. The zero-order valence-corrected chi connectivity index (χ0v) is 17.4. The van der Waals surface area contributed by atoms with E-state index < -0.39 is 17.5 Å². The maximum atomic E-state index is 12.8. The van der Waals surface area contributed by atoms with Gasteiger partial charge in [-0.15, -0.1) is 0 Å². The minimum atomic E-state index is -0.887. The van der Waals surface area contributed by atoms with Crippen molar-refractivity contribution < 1.29 is 14.4 Å². The van der Waals surface area contributed by atoms with Crippen LogP contribution in [0.2, 0.25) is 0 Å². The number of imide groups is 1. The fourth-order valence-corrected chi connectivity index (χ4v) is 4.52. The number of aromatic nitrogens is 2. The van der Waals surface area contributed by atoms with E-state index in [-0.39, 0.29) is 11.7 Å². The van der Waals surface area contributed by atoms with Gasteiger partial charge in [-0.05, 0) is 31.6 Å². The van der Waals surface area contributed by atoms with Crippen LogP contribution in [0.25, 0.3) is 11.3 Å². The molecule has 2 heterocycles. The van der Waals surface area contributed by atoms with Gasteiger partial charge < -0.3 is 11.2 Å². The van der Waals surface area contributed by atoms with E-state index in [0.29, 0.717) is 29.6 Å². The fourth-order valence-electron chi connectivity index (χ4n) is 3.83. The van der Waals surface area contributed by atoms with Crippen molar-refractivity contribution in [3.05, 3.63) is 36.5 Å². The number of amides is 4. The lowest BCUT2D eigenvalue weighted by atomic mass is 9.77. The smallest absolute Gasteiger partial charge is 0.337 e. The second-order valence-electron chi connectivity index (χ2n) is 7.84. The van der Waals surface area contributed by atoms with Crippen LogP contribution in [0.15, 0.2) is 41.7 Å². The highest BCUT2D eigenvalue weighted by molar-refractivity contribution is 7.99. The van der Waals surface area contributed by atoms with Crippen LogP contribution in [-0.2, 0) is 9.59 Å². The van der Waals surface area contributed by atoms with E-state index >= 15 is 0 Å². The lowest BCUT2D eigenvalue weighted by Gasteiger charge is -2.33. The number of carbonyl (C=O) groups is 3. The summed E-state index contributed by atoms with van der Waals surface area (Å²) >= 11 is 1.13. The van der Waals surface area contributed by atoms with Gasteiger partial charge in [0, 0.05) is 5.56 Å². The zero-order valence-electron chi connectivity index (χ0n) is 16.6. The first-order valence-electron chi connectivity index (χ1n) is 9.87. The molecule has 158 valence electrons. The summed E-state index contributed by atoms with van der Waals surface area (Å²) in [5.74, 6) is 5.58. The van der Waals surface area contributed by atoms with Gasteiger partial charge >= 0.3 is 6.03 Å². The SMILES string of the molecule is CC1CCC2(CC1)NC(=O)N(NC(=O)CSc1nc(-c3ccccc3)cn1N)C2=O. The van der Waals surface area contributed by atoms with Gasteiger partial charge in [-0.25, -0.2) is 14.5 Å². The van der Waals surface area contributed by atoms with Gasteiger partial charge in [-0.3, -0.25) is 15.0 Å². The minimum Gasteiger partial charge on any atom is -0.337 e. The molecule has 0 bridgehead atoms. The molecule has 1 saturated carbocycles. The number of nitrogen functional groups attached to an aromatic ring is 1. The fraction of sp³-hybridized carbons (Fsp3) is 0.400. The predicted molar refractivity (Wildman–Crippen MR) is 112 cm³/mol. The number of urea groups is 1. The Bertz CT molecular complexity index is 968. The molecule has 1 aliphatic carbocycles. The number of carbonyl (C=O) groups excluding carboxylic acids is 3. The molecule has 2 aliphatic rings. The van der Waals surface area contributed by atoms with E-state index in [1.54, 1.807) is 6.20 Å².